The first-order valence-corrected chi connectivity index (χ1v) is 7.54. The number of carbonyl (C=O) groups excluding carboxylic acids is 1. The van der Waals surface area contributed by atoms with E-state index in [-0.39, 0.29) is 5.78 Å². The predicted molar refractivity (Wildman–Crippen MR) is 79.9 cm³/mol. The highest BCUT2D eigenvalue weighted by Crippen LogP contribution is 2.16. The second-order valence-electron chi connectivity index (χ2n) is 4.90. The molecule has 0 fully saturated rings. The number of ether oxygens (including phenoxy) is 1. The van der Waals surface area contributed by atoms with E-state index in [9.17, 15) is 4.79 Å². The Balaban J connectivity index is 2.30. The summed E-state index contributed by atoms with van der Waals surface area (Å²) in [5.41, 5.74) is 0.777. The number of benzene rings is 1. The first kappa shape index (κ1) is 15.7. The van der Waals surface area contributed by atoms with Crippen LogP contribution in [0.2, 0.25) is 0 Å². The number of ketones is 1. The summed E-state index contributed by atoms with van der Waals surface area (Å²) < 4.78 is 5.41. The molecule has 1 rings (SSSR count). The van der Waals surface area contributed by atoms with Gasteiger partial charge in [-0.1, -0.05) is 51.2 Å². The van der Waals surface area contributed by atoms with E-state index < -0.39 is 0 Å². The summed E-state index contributed by atoms with van der Waals surface area (Å²) in [5.74, 6) is 1.02. The number of hydrogen-bond acceptors (Lipinski definition) is 2. The Morgan fingerprint density at radius 2 is 1.79 bits per heavy atom. The van der Waals surface area contributed by atoms with Crippen molar-refractivity contribution in [3.05, 3.63) is 29.8 Å². The third-order valence-electron chi connectivity index (χ3n) is 3.22. The molecule has 0 atom stereocenters. The van der Waals surface area contributed by atoms with E-state index in [1.807, 2.05) is 31.2 Å². The van der Waals surface area contributed by atoms with Gasteiger partial charge in [0.05, 0.1) is 6.61 Å². The van der Waals surface area contributed by atoms with Crippen LogP contribution in [0.4, 0.5) is 0 Å². The molecule has 0 aliphatic heterocycles. The fraction of sp³-hybridized carbons (Fsp3) is 0.588. The van der Waals surface area contributed by atoms with E-state index >= 15 is 0 Å². The lowest BCUT2D eigenvalue weighted by Gasteiger charge is -2.05. The minimum Gasteiger partial charge on any atom is -0.494 e. The highest BCUT2D eigenvalue weighted by Gasteiger charge is 2.06. The van der Waals surface area contributed by atoms with Gasteiger partial charge >= 0.3 is 0 Å². The molecule has 0 unspecified atom stereocenters. The minimum atomic E-state index is 0.233. The number of unbranched alkanes of at least 4 members (excludes halogenated alkanes) is 5. The monoisotopic (exact) mass is 262 g/mol. The lowest BCUT2D eigenvalue weighted by Crippen LogP contribution is -2.00. The minimum absolute atomic E-state index is 0.233. The Hall–Kier alpha value is -1.31. The molecule has 0 amide bonds. The fourth-order valence-electron chi connectivity index (χ4n) is 2.14. The number of rotatable bonds is 10. The molecule has 0 spiro atoms. The SMILES string of the molecule is CCCCCCCCC(=O)c1cccc(OCC)c1. The zero-order valence-electron chi connectivity index (χ0n) is 12.3. The predicted octanol–water partition coefficient (Wildman–Crippen LogP) is 5.02. The molecule has 0 bridgehead atoms. The van der Waals surface area contributed by atoms with E-state index in [1.54, 1.807) is 0 Å². The van der Waals surface area contributed by atoms with Crippen LogP contribution in [-0.2, 0) is 0 Å². The summed E-state index contributed by atoms with van der Waals surface area (Å²) in [7, 11) is 0. The highest BCUT2D eigenvalue weighted by molar-refractivity contribution is 5.96. The Morgan fingerprint density at radius 1 is 1.05 bits per heavy atom. The summed E-state index contributed by atoms with van der Waals surface area (Å²) >= 11 is 0. The van der Waals surface area contributed by atoms with Gasteiger partial charge in [-0.15, -0.1) is 0 Å². The van der Waals surface area contributed by atoms with Crippen molar-refractivity contribution in [1.29, 1.82) is 0 Å². The van der Waals surface area contributed by atoms with Gasteiger partial charge in [-0.2, -0.15) is 0 Å². The van der Waals surface area contributed by atoms with Crippen LogP contribution < -0.4 is 4.74 Å². The molecule has 1 aromatic carbocycles. The van der Waals surface area contributed by atoms with Crippen LogP contribution >= 0.6 is 0 Å². The Kier molecular flexibility index (Phi) is 7.95. The molecule has 0 radical (unpaired) electrons. The van der Waals surface area contributed by atoms with Crippen LogP contribution in [-0.4, -0.2) is 12.4 Å². The molecule has 0 saturated carbocycles. The maximum atomic E-state index is 12.0. The van der Waals surface area contributed by atoms with Gasteiger partial charge in [-0.25, -0.2) is 0 Å². The Morgan fingerprint density at radius 3 is 2.53 bits per heavy atom. The molecule has 2 nitrogen and oxygen atoms in total. The summed E-state index contributed by atoms with van der Waals surface area (Å²) in [6.07, 6.45) is 7.94. The number of Topliss-reactive ketones (excluding diaryl/α,β-unsaturated/α-hetero) is 1. The van der Waals surface area contributed by atoms with Gasteiger partial charge in [0.15, 0.2) is 5.78 Å². The molecule has 0 aliphatic rings. The van der Waals surface area contributed by atoms with Crippen LogP contribution in [0.15, 0.2) is 24.3 Å². The van der Waals surface area contributed by atoms with Gasteiger partial charge in [0.2, 0.25) is 0 Å². The van der Waals surface area contributed by atoms with Crippen molar-refractivity contribution in [3.8, 4) is 5.75 Å². The van der Waals surface area contributed by atoms with Crippen molar-refractivity contribution in [2.45, 2.75) is 58.8 Å². The maximum absolute atomic E-state index is 12.0. The second kappa shape index (κ2) is 9.60. The standard InChI is InChI=1S/C17H26O2/c1-3-5-6-7-8-9-13-17(18)15-11-10-12-16(14-15)19-4-2/h10-12,14H,3-9,13H2,1-2H3. The molecular weight excluding hydrogens is 236 g/mol. The van der Waals surface area contributed by atoms with Crippen molar-refractivity contribution in [3.63, 3.8) is 0 Å². The van der Waals surface area contributed by atoms with Gasteiger partial charge in [-0.3, -0.25) is 4.79 Å². The largest absolute Gasteiger partial charge is 0.494 e. The van der Waals surface area contributed by atoms with Gasteiger partial charge in [0.25, 0.3) is 0 Å². The molecule has 0 saturated heterocycles. The number of carbonyl (C=O) groups is 1. The van der Waals surface area contributed by atoms with Crippen LogP contribution in [0.1, 0.15) is 69.2 Å². The lowest BCUT2D eigenvalue weighted by molar-refractivity contribution is 0.0978. The second-order valence-corrected chi connectivity index (χ2v) is 4.90. The van der Waals surface area contributed by atoms with Gasteiger partial charge < -0.3 is 4.74 Å². The Labute approximate surface area is 117 Å². The van der Waals surface area contributed by atoms with Crippen LogP contribution in [0.3, 0.4) is 0 Å². The van der Waals surface area contributed by atoms with Crippen molar-refractivity contribution < 1.29 is 9.53 Å². The number of hydrogen-bond donors (Lipinski definition) is 0. The normalized spacial score (nSPS) is 10.4. The van der Waals surface area contributed by atoms with Crippen molar-refractivity contribution >= 4 is 5.78 Å². The Bertz CT molecular complexity index is 371. The smallest absolute Gasteiger partial charge is 0.163 e. The quantitative estimate of drug-likeness (QED) is 0.437. The third kappa shape index (κ3) is 6.42. The van der Waals surface area contributed by atoms with E-state index in [2.05, 4.69) is 6.92 Å². The van der Waals surface area contributed by atoms with Gasteiger partial charge in [-0.05, 0) is 25.5 Å². The van der Waals surface area contributed by atoms with E-state index in [0.717, 1.165) is 24.2 Å². The highest BCUT2D eigenvalue weighted by atomic mass is 16.5. The van der Waals surface area contributed by atoms with Gasteiger partial charge in [0.1, 0.15) is 5.75 Å². The van der Waals surface area contributed by atoms with Gasteiger partial charge in [0, 0.05) is 12.0 Å². The van der Waals surface area contributed by atoms with E-state index in [1.165, 1.54) is 25.7 Å². The fourth-order valence-corrected chi connectivity index (χ4v) is 2.14. The lowest BCUT2D eigenvalue weighted by atomic mass is 10.0. The summed E-state index contributed by atoms with van der Waals surface area (Å²) in [6, 6.07) is 7.51. The molecule has 0 N–H and O–H groups in total. The van der Waals surface area contributed by atoms with Crippen LogP contribution in [0.5, 0.6) is 5.75 Å². The van der Waals surface area contributed by atoms with E-state index in [0.29, 0.717) is 13.0 Å². The molecule has 106 valence electrons. The van der Waals surface area contributed by atoms with Crippen LogP contribution in [0.25, 0.3) is 0 Å². The molecular formula is C17H26O2. The zero-order valence-corrected chi connectivity index (χ0v) is 12.3. The molecule has 0 aromatic heterocycles. The van der Waals surface area contributed by atoms with E-state index in [4.69, 9.17) is 4.74 Å². The first-order valence-electron chi connectivity index (χ1n) is 7.54. The van der Waals surface area contributed by atoms with Crippen molar-refractivity contribution in [2.24, 2.45) is 0 Å². The van der Waals surface area contributed by atoms with Crippen molar-refractivity contribution in [1.82, 2.24) is 0 Å². The molecule has 19 heavy (non-hydrogen) atoms. The maximum Gasteiger partial charge on any atom is 0.163 e. The molecule has 2 heteroatoms. The average Bonchev–Trinajstić information content (AvgIpc) is 2.43. The summed E-state index contributed by atoms with van der Waals surface area (Å²) in [5, 5.41) is 0. The average molecular weight is 262 g/mol. The molecule has 0 heterocycles. The first-order chi connectivity index (χ1) is 9.27. The summed E-state index contributed by atoms with van der Waals surface area (Å²) in [4.78, 5) is 12.0. The third-order valence-corrected chi connectivity index (χ3v) is 3.22. The summed E-state index contributed by atoms with van der Waals surface area (Å²) in [6.45, 7) is 4.80. The zero-order chi connectivity index (χ0) is 13.9. The van der Waals surface area contributed by atoms with Crippen molar-refractivity contribution in [2.75, 3.05) is 6.61 Å². The van der Waals surface area contributed by atoms with Crippen LogP contribution in [0, 0.1) is 0 Å². The molecule has 0 aliphatic carbocycles. The topological polar surface area (TPSA) is 26.3 Å². The molecule has 1 aromatic rings.